The van der Waals surface area contributed by atoms with Gasteiger partial charge in [-0.05, 0) is 0 Å². The van der Waals surface area contributed by atoms with E-state index in [1.165, 1.54) is 0 Å². The molecule has 0 spiro atoms. The van der Waals surface area contributed by atoms with Gasteiger partial charge in [-0.2, -0.15) is 0 Å². The Hall–Kier alpha value is -1.06. The first kappa shape index (κ1) is 5.08. The Morgan fingerprint density at radius 1 is 1.62 bits per heavy atom. The van der Waals surface area contributed by atoms with Crippen LogP contribution in [0.15, 0.2) is 6.20 Å². The number of hydrogen-bond donors (Lipinski definition) is 1. The maximum atomic E-state index is 3.60. The van der Waals surface area contributed by atoms with Gasteiger partial charge in [0.25, 0.3) is 0 Å². The van der Waals surface area contributed by atoms with Crippen LogP contribution in [0.5, 0.6) is 0 Å². The van der Waals surface area contributed by atoms with E-state index in [4.69, 9.17) is 0 Å². The van der Waals surface area contributed by atoms with Crippen LogP contribution in [-0.4, -0.2) is 29.5 Å². The van der Waals surface area contributed by atoms with Crippen molar-refractivity contribution >= 4 is 5.82 Å². The van der Waals surface area contributed by atoms with Gasteiger partial charge in [-0.15, -0.1) is 5.10 Å². The second-order valence-electron chi connectivity index (χ2n) is 1.74. The van der Waals surface area contributed by atoms with Crippen molar-refractivity contribution in [1.29, 1.82) is 0 Å². The highest BCUT2D eigenvalue weighted by Gasteiger charge is 1.91. The van der Waals surface area contributed by atoms with Crippen molar-refractivity contribution in [3.63, 3.8) is 0 Å². The first-order chi connectivity index (χ1) is 3.80. The van der Waals surface area contributed by atoms with Gasteiger partial charge in [0.05, 0.1) is 6.20 Å². The van der Waals surface area contributed by atoms with E-state index in [-0.39, 0.29) is 0 Å². The van der Waals surface area contributed by atoms with Crippen LogP contribution in [0.3, 0.4) is 0 Å². The zero-order valence-electron chi connectivity index (χ0n) is 4.92. The van der Waals surface area contributed by atoms with E-state index in [1.54, 1.807) is 6.20 Å². The summed E-state index contributed by atoms with van der Waals surface area (Å²) in [5.74, 6) is 0.921. The quantitative estimate of drug-likeness (QED) is 0.550. The maximum absolute atomic E-state index is 3.60. The average Bonchev–Trinajstić information content (AvgIpc) is 2.12. The highest BCUT2D eigenvalue weighted by molar-refractivity contribution is 5.30. The summed E-state index contributed by atoms with van der Waals surface area (Å²) in [5, 5.41) is 9.82. The molecule has 0 aliphatic rings. The van der Waals surface area contributed by atoms with Crippen LogP contribution in [0.25, 0.3) is 0 Å². The summed E-state index contributed by atoms with van der Waals surface area (Å²) in [4.78, 5) is 1.90. The molecule has 0 amide bonds. The Morgan fingerprint density at radius 3 is 2.62 bits per heavy atom. The lowest BCUT2D eigenvalue weighted by atomic mass is 10.7. The van der Waals surface area contributed by atoms with Gasteiger partial charge in [-0.25, -0.2) is 5.10 Å². The minimum Gasteiger partial charge on any atom is -0.362 e. The summed E-state index contributed by atoms with van der Waals surface area (Å²) in [5.41, 5.74) is 0. The summed E-state index contributed by atoms with van der Waals surface area (Å²) >= 11 is 0. The molecule has 0 saturated carbocycles. The third-order valence-electron chi connectivity index (χ3n) is 0.884. The van der Waals surface area contributed by atoms with Gasteiger partial charge in [-0.1, -0.05) is 5.21 Å². The summed E-state index contributed by atoms with van der Waals surface area (Å²) in [6.07, 6.45) is 1.67. The zero-order valence-corrected chi connectivity index (χ0v) is 4.92. The fourth-order valence-electron chi connectivity index (χ4n) is 0.408. The topological polar surface area (TPSA) is 44.8 Å². The number of hydrogen-bond acceptors (Lipinski definition) is 3. The molecule has 0 fully saturated rings. The zero-order chi connectivity index (χ0) is 5.98. The molecule has 8 heavy (non-hydrogen) atoms. The molecule has 1 aromatic rings. The van der Waals surface area contributed by atoms with E-state index in [9.17, 15) is 0 Å². The number of anilines is 1. The summed E-state index contributed by atoms with van der Waals surface area (Å²) < 4.78 is 0. The molecule has 1 N–H and O–H groups in total. The van der Waals surface area contributed by atoms with E-state index in [1.807, 2.05) is 19.0 Å². The van der Waals surface area contributed by atoms with E-state index in [2.05, 4.69) is 15.4 Å². The van der Waals surface area contributed by atoms with Crippen LogP contribution in [0.1, 0.15) is 0 Å². The van der Waals surface area contributed by atoms with E-state index >= 15 is 0 Å². The van der Waals surface area contributed by atoms with Crippen LogP contribution in [0.4, 0.5) is 5.82 Å². The Labute approximate surface area is 47.5 Å². The highest BCUT2D eigenvalue weighted by atomic mass is 15.4. The SMILES string of the molecule is CN(C)c1cnn[nH]1. The number of aromatic amines is 1. The Morgan fingerprint density at radius 2 is 2.38 bits per heavy atom. The van der Waals surface area contributed by atoms with Gasteiger partial charge >= 0.3 is 0 Å². The molecule has 4 heteroatoms. The van der Waals surface area contributed by atoms with Crippen molar-refractivity contribution < 1.29 is 0 Å². The van der Waals surface area contributed by atoms with Crippen LogP contribution in [0.2, 0.25) is 0 Å². The molecule has 0 radical (unpaired) electrons. The van der Waals surface area contributed by atoms with Crippen molar-refractivity contribution in [3.05, 3.63) is 6.20 Å². The number of H-pyrrole nitrogens is 1. The molecule has 0 aliphatic heterocycles. The number of nitrogens with zero attached hydrogens (tertiary/aromatic N) is 3. The molecule has 44 valence electrons. The van der Waals surface area contributed by atoms with Gasteiger partial charge in [0, 0.05) is 14.1 Å². The molecule has 0 bridgehead atoms. The Kier molecular flexibility index (Phi) is 1.15. The molecule has 0 saturated heterocycles. The molecule has 0 unspecified atom stereocenters. The lowest BCUT2D eigenvalue weighted by molar-refractivity contribution is 0.927. The minimum absolute atomic E-state index is 0.921. The average molecular weight is 112 g/mol. The lowest BCUT2D eigenvalue weighted by Gasteiger charge is -2.04. The summed E-state index contributed by atoms with van der Waals surface area (Å²) in [6, 6.07) is 0. The second kappa shape index (κ2) is 1.81. The van der Waals surface area contributed by atoms with Crippen LogP contribution in [0, 0.1) is 0 Å². The standard InChI is InChI=1S/C4H8N4/c1-8(2)4-3-5-7-6-4/h3H,1-2H3,(H,5,6,7). The van der Waals surface area contributed by atoms with Gasteiger partial charge < -0.3 is 4.90 Å². The van der Waals surface area contributed by atoms with Gasteiger partial charge in [0.15, 0.2) is 0 Å². The molecule has 0 aliphatic carbocycles. The molecule has 4 nitrogen and oxygen atoms in total. The van der Waals surface area contributed by atoms with Gasteiger partial charge in [0.2, 0.25) is 0 Å². The number of aromatic nitrogens is 3. The van der Waals surface area contributed by atoms with Crippen molar-refractivity contribution in [3.8, 4) is 0 Å². The van der Waals surface area contributed by atoms with Gasteiger partial charge in [-0.3, -0.25) is 0 Å². The highest BCUT2D eigenvalue weighted by Crippen LogP contribution is 1.98. The van der Waals surface area contributed by atoms with Crippen molar-refractivity contribution in [2.24, 2.45) is 0 Å². The molecule has 1 aromatic heterocycles. The Balaban J connectivity index is 2.77. The van der Waals surface area contributed by atoms with Crippen molar-refractivity contribution in [2.75, 3.05) is 19.0 Å². The molecular formula is C4H8N4. The van der Waals surface area contributed by atoms with E-state index in [0.29, 0.717) is 0 Å². The van der Waals surface area contributed by atoms with E-state index in [0.717, 1.165) is 5.82 Å². The normalized spacial score (nSPS) is 9.25. The minimum atomic E-state index is 0.921. The van der Waals surface area contributed by atoms with Crippen LogP contribution < -0.4 is 4.90 Å². The monoisotopic (exact) mass is 112 g/mol. The number of nitrogens with one attached hydrogen (secondary N) is 1. The van der Waals surface area contributed by atoms with Gasteiger partial charge in [0.1, 0.15) is 5.82 Å². The van der Waals surface area contributed by atoms with Crippen LogP contribution >= 0.6 is 0 Å². The van der Waals surface area contributed by atoms with Crippen molar-refractivity contribution in [1.82, 2.24) is 15.4 Å². The second-order valence-corrected chi connectivity index (χ2v) is 1.74. The lowest BCUT2D eigenvalue weighted by Crippen LogP contribution is -2.08. The molecule has 1 heterocycles. The van der Waals surface area contributed by atoms with Crippen LogP contribution in [-0.2, 0) is 0 Å². The molecule has 0 aromatic carbocycles. The smallest absolute Gasteiger partial charge is 0.144 e. The third kappa shape index (κ3) is 0.776. The summed E-state index contributed by atoms with van der Waals surface area (Å²) in [7, 11) is 3.85. The predicted molar refractivity (Wildman–Crippen MR) is 30.7 cm³/mol. The molecule has 1 rings (SSSR count). The largest absolute Gasteiger partial charge is 0.362 e. The number of rotatable bonds is 1. The maximum Gasteiger partial charge on any atom is 0.144 e. The first-order valence-corrected chi connectivity index (χ1v) is 2.34. The fraction of sp³-hybridized carbons (Fsp3) is 0.500. The molecular weight excluding hydrogens is 104 g/mol. The fourth-order valence-corrected chi connectivity index (χ4v) is 0.408. The predicted octanol–water partition coefficient (Wildman–Crippen LogP) is -0.129. The van der Waals surface area contributed by atoms with Crippen molar-refractivity contribution in [2.45, 2.75) is 0 Å². The Bertz CT molecular complexity index is 143. The summed E-state index contributed by atoms with van der Waals surface area (Å²) in [6.45, 7) is 0. The van der Waals surface area contributed by atoms with E-state index < -0.39 is 0 Å². The third-order valence-corrected chi connectivity index (χ3v) is 0.884. The molecule has 0 atom stereocenters. The first-order valence-electron chi connectivity index (χ1n) is 2.34.